The lowest BCUT2D eigenvalue weighted by molar-refractivity contribution is -0.161. The number of carbonyl (C=O) groups is 2. The van der Waals surface area contributed by atoms with E-state index >= 15 is 0 Å². The highest BCUT2D eigenvalue weighted by molar-refractivity contribution is 7.46. The minimum atomic E-state index is -4.74. The first kappa shape index (κ1) is 38.8. The summed E-state index contributed by atoms with van der Waals surface area (Å²) in [6.45, 7) is 3.59. The van der Waals surface area contributed by atoms with Gasteiger partial charge in [0.2, 0.25) is 0 Å². The second-order valence-electron chi connectivity index (χ2n) is 10.8. The maximum absolute atomic E-state index is 12.2. The van der Waals surface area contributed by atoms with Gasteiger partial charge in [-0.15, -0.1) is 0 Å². The predicted octanol–water partition coefficient (Wildman–Crippen LogP) is 8.73. The molecule has 0 unspecified atom stereocenters. The molecule has 0 amide bonds. The van der Waals surface area contributed by atoms with Gasteiger partial charge in [0.05, 0.1) is 6.61 Å². The second-order valence-corrected chi connectivity index (χ2v) is 12.0. The fourth-order valence-electron chi connectivity index (χ4n) is 4.37. The average molecular weight is 591 g/mol. The van der Waals surface area contributed by atoms with Crippen LogP contribution in [-0.4, -0.2) is 41.0 Å². The standard InChI is InChI=1S/C31H59O8P/c1-3-5-7-9-11-12-13-14-15-16-17-18-20-22-24-26-31(33)39-29(28-38-40(34,35)36)27-37-30(32)25-23-21-19-10-8-6-4-2/h16-17,29H,3-15,18-28H2,1-2H3,(H2,34,35,36)/b17-16+/t29-/m1/s1. The fraction of sp³-hybridized carbons (Fsp3) is 0.871. The van der Waals surface area contributed by atoms with E-state index in [0.717, 1.165) is 51.4 Å². The zero-order valence-corrected chi connectivity index (χ0v) is 26.4. The second kappa shape index (κ2) is 27.9. The number of carbonyl (C=O) groups excluding carboxylic acids is 2. The summed E-state index contributed by atoms with van der Waals surface area (Å²) in [4.78, 5) is 42.3. The molecule has 0 aromatic heterocycles. The molecule has 0 rings (SSSR count). The third-order valence-corrected chi connectivity index (χ3v) is 7.27. The number of hydrogen-bond donors (Lipinski definition) is 2. The molecule has 0 spiro atoms. The summed E-state index contributed by atoms with van der Waals surface area (Å²) in [5.41, 5.74) is 0. The maximum atomic E-state index is 12.2. The molecule has 0 aromatic carbocycles. The molecule has 0 saturated carbocycles. The Balaban J connectivity index is 4.02. The summed E-state index contributed by atoms with van der Waals surface area (Å²) >= 11 is 0. The van der Waals surface area contributed by atoms with Gasteiger partial charge in [0, 0.05) is 12.8 Å². The quantitative estimate of drug-likeness (QED) is 0.0384. The van der Waals surface area contributed by atoms with Crippen molar-refractivity contribution < 1.29 is 37.9 Å². The van der Waals surface area contributed by atoms with Crippen LogP contribution < -0.4 is 0 Å². The number of allylic oxidation sites excluding steroid dienone is 2. The van der Waals surface area contributed by atoms with Crippen LogP contribution >= 0.6 is 7.82 Å². The molecule has 0 aliphatic heterocycles. The molecule has 0 aliphatic rings. The van der Waals surface area contributed by atoms with Crippen LogP contribution in [0.5, 0.6) is 0 Å². The molecule has 8 nitrogen and oxygen atoms in total. The van der Waals surface area contributed by atoms with Crippen molar-refractivity contribution in [3.05, 3.63) is 12.2 Å². The molecule has 0 fully saturated rings. The lowest BCUT2D eigenvalue weighted by Gasteiger charge is -2.18. The van der Waals surface area contributed by atoms with E-state index in [2.05, 4.69) is 30.5 Å². The Bertz CT molecular complexity index is 676. The maximum Gasteiger partial charge on any atom is 0.469 e. The Morgan fingerprint density at radius 3 is 1.55 bits per heavy atom. The highest BCUT2D eigenvalue weighted by atomic mass is 31.2. The van der Waals surface area contributed by atoms with Crippen molar-refractivity contribution in [1.82, 2.24) is 0 Å². The molecule has 0 aliphatic carbocycles. The third kappa shape index (κ3) is 29.8. The molecule has 9 heteroatoms. The molecule has 1 atom stereocenters. The number of hydrogen-bond acceptors (Lipinski definition) is 6. The van der Waals surface area contributed by atoms with Crippen LogP contribution in [0.3, 0.4) is 0 Å². The van der Waals surface area contributed by atoms with Crippen molar-refractivity contribution in [2.45, 2.75) is 161 Å². The molecule has 0 heterocycles. The van der Waals surface area contributed by atoms with Crippen molar-refractivity contribution >= 4 is 19.8 Å². The monoisotopic (exact) mass is 590 g/mol. The largest absolute Gasteiger partial charge is 0.469 e. The minimum absolute atomic E-state index is 0.195. The van der Waals surface area contributed by atoms with E-state index in [-0.39, 0.29) is 19.4 Å². The van der Waals surface area contributed by atoms with Gasteiger partial charge in [-0.05, 0) is 38.5 Å². The van der Waals surface area contributed by atoms with Gasteiger partial charge in [0.15, 0.2) is 6.10 Å². The van der Waals surface area contributed by atoms with Crippen LogP contribution in [0.1, 0.15) is 155 Å². The highest BCUT2D eigenvalue weighted by Gasteiger charge is 2.22. The van der Waals surface area contributed by atoms with Crippen LogP contribution in [0.15, 0.2) is 12.2 Å². The van der Waals surface area contributed by atoms with Crippen LogP contribution in [-0.2, 0) is 28.2 Å². The molecule has 236 valence electrons. The van der Waals surface area contributed by atoms with Crippen molar-refractivity contribution in [3.63, 3.8) is 0 Å². The van der Waals surface area contributed by atoms with Crippen LogP contribution in [0, 0.1) is 0 Å². The zero-order valence-electron chi connectivity index (χ0n) is 25.5. The van der Waals surface area contributed by atoms with Gasteiger partial charge in [-0.1, -0.05) is 116 Å². The smallest absolute Gasteiger partial charge is 0.462 e. The Morgan fingerprint density at radius 1 is 0.625 bits per heavy atom. The van der Waals surface area contributed by atoms with Gasteiger partial charge in [-0.25, -0.2) is 4.57 Å². The Morgan fingerprint density at radius 2 is 1.05 bits per heavy atom. The van der Waals surface area contributed by atoms with E-state index in [9.17, 15) is 14.2 Å². The number of esters is 2. The predicted molar refractivity (Wildman–Crippen MR) is 161 cm³/mol. The number of unbranched alkanes of at least 4 members (excludes halogenated alkanes) is 17. The summed E-state index contributed by atoms with van der Waals surface area (Å²) < 4.78 is 26.1. The lowest BCUT2D eigenvalue weighted by atomic mass is 10.1. The van der Waals surface area contributed by atoms with E-state index in [1.54, 1.807) is 0 Å². The van der Waals surface area contributed by atoms with Crippen molar-refractivity contribution in [1.29, 1.82) is 0 Å². The summed E-state index contributed by atoms with van der Waals surface area (Å²) in [5, 5.41) is 0. The van der Waals surface area contributed by atoms with Crippen molar-refractivity contribution in [2.24, 2.45) is 0 Å². The Kier molecular flexibility index (Phi) is 27.1. The lowest BCUT2D eigenvalue weighted by Crippen LogP contribution is -2.29. The summed E-state index contributed by atoms with van der Waals surface area (Å²) in [6.07, 6.45) is 26.7. The Hall–Kier alpha value is -1.21. The first-order chi connectivity index (χ1) is 19.3. The third-order valence-electron chi connectivity index (χ3n) is 6.78. The first-order valence-corrected chi connectivity index (χ1v) is 17.5. The van der Waals surface area contributed by atoms with Gasteiger partial charge in [0.1, 0.15) is 6.61 Å². The van der Waals surface area contributed by atoms with Gasteiger partial charge >= 0.3 is 19.8 Å². The minimum Gasteiger partial charge on any atom is -0.462 e. The molecule has 40 heavy (non-hydrogen) atoms. The van der Waals surface area contributed by atoms with E-state index in [4.69, 9.17) is 19.3 Å². The van der Waals surface area contributed by atoms with Gasteiger partial charge in [-0.3, -0.25) is 14.1 Å². The zero-order chi connectivity index (χ0) is 29.7. The summed E-state index contributed by atoms with van der Waals surface area (Å²) in [7, 11) is -4.74. The van der Waals surface area contributed by atoms with Crippen LogP contribution in [0.25, 0.3) is 0 Å². The topological polar surface area (TPSA) is 119 Å². The first-order valence-electron chi connectivity index (χ1n) is 16.0. The Labute approximate surface area is 244 Å². The summed E-state index contributed by atoms with van der Waals surface area (Å²) in [5.74, 6) is -0.908. The molecular weight excluding hydrogens is 531 g/mol. The molecule has 0 saturated heterocycles. The summed E-state index contributed by atoms with van der Waals surface area (Å²) in [6, 6.07) is 0. The van der Waals surface area contributed by atoms with Gasteiger partial charge in [0.25, 0.3) is 0 Å². The SMILES string of the molecule is CCCCCCCCCC/C=C/CCCCCC(=O)O[C@H](COC(=O)CCCCCCCCC)COP(=O)(O)O. The number of ether oxygens (including phenoxy) is 2. The molecule has 0 aromatic rings. The van der Waals surface area contributed by atoms with E-state index in [1.807, 2.05) is 0 Å². The van der Waals surface area contributed by atoms with E-state index < -0.39 is 32.5 Å². The van der Waals surface area contributed by atoms with Gasteiger partial charge in [-0.2, -0.15) is 0 Å². The highest BCUT2D eigenvalue weighted by Crippen LogP contribution is 2.35. The average Bonchev–Trinajstić information content (AvgIpc) is 2.91. The van der Waals surface area contributed by atoms with Crippen LogP contribution in [0.4, 0.5) is 0 Å². The number of phosphoric ester groups is 1. The number of phosphoric acid groups is 1. The fourth-order valence-corrected chi connectivity index (χ4v) is 4.73. The molecule has 0 bridgehead atoms. The van der Waals surface area contributed by atoms with Crippen LogP contribution in [0.2, 0.25) is 0 Å². The van der Waals surface area contributed by atoms with Crippen molar-refractivity contribution in [2.75, 3.05) is 13.2 Å². The number of rotatable bonds is 29. The molecular formula is C31H59O8P. The van der Waals surface area contributed by atoms with E-state index in [1.165, 1.54) is 70.6 Å². The molecule has 0 radical (unpaired) electrons. The van der Waals surface area contributed by atoms with E-state index in [0.29, 0.717) is 6.42 Å². The van der Waals surface area contributed by atoms with Crippen molar-refractivity contribution in [3.8, 4) is 0 Å². The normalized spacial score (nSPS) is 12.6. The molecule has 2 N–H and O–H groups in total. The van der Waals surface area contributed by atoms with Gasteiger partial charge < -0.3 is 19.3 Å².